The van der Waals surface area contributed by atoms with Gasteiger partial charge in [-0.3, -0.25) is 9.00 Å². The number of phenols is 1. The molecule has 1 amide bonds. The molecule has 0 saturated carbocycles. The van der Waals surface area contributed by atoms with Crippen LogP contribution in [0.3, 0.4) is 0 Å². The first-order chi connectivity index (χ1) is 14.8. The molecule has 1 saturated heterocycles. The lowest BCUT2D eigenvalue weighted by atomic mass is 9.92. The van der Waals surface area contributed by atoms with Crippen LogP contribution >= 0.6 is 0 Å². The molecule has 0 radical (unpaired) electrons. The van der Waals surface area contributed by atoms with Crippen molar-refractivity contribution in [3.05, 3.63) is 95.6 Å². The summed E-state index contributed by atoms with van der Waals surface area (Å²) in [5, 5.41) is 19.1. The topological polar surface area (TPSA) is 77.8 Å². The summed E-state index contributed by atoms with van der Waals surface area (Å²) in [4.78, 5) is 14.4. The minimum Gasteiger partial charge on any atom is -0.508 e. The molecule has 1 aliphatic heterocycles. The van der Waals surface area contributed by atoms with Crippen molar-refractivity contribution in [1.82, 2.24) is 0 Å². The number of anilines is 1. The Morgan fingerprint density at radius 3 is 2.03 bits per heavy atom. The molecule has 4 atom stereocenters. The molecule has 1 unspecified atom stereocenters. The molecule has 3 aromatic carbocycles. The van der Waals surface area contributed by atoms with Gasteiger partial charge in [0.15, 0.2) is 0 Å². The van der Waals surface area contributed by atoms with Crippen molar-refractivity contribution < 1.29 is 28.0 Å². The van der Waals surface area contributed by atoms with E-state index < -0.39 is 45.7 Å². The normalized spacial score (nSPS) is 20.2. The van der Waals surface area contributed by atoms with E-state index in [0.29, 0.717) is 16.8 Å². The first kappa shape index (κ1) is 21.1. The molecule has 8 heteroatoms. The molecule has 0 aromatic heterocycles. The van der Waals surface area contributed by atoms with E-state index in [1.807, 2.05) is 0 Å². The van der Waals surface area contributed by atoms with Crippen molar-refractivity contribution in [1.29, 1.82) is 0 Å². The zero-order chi connectivity index (χ0) is 22.1. The van der Waals surface area contributed by atoms with Crippen LogP contribution in [0.2, 0.25) is 0 Å². The molecular weight excluding hydrogens is 424 g/mol. The molecular formula is C23H19F2NO4S. The van der Waals surface area contributed by atoms with Gasteiger partial charge in [-0.05, 0) is 59.7 Å². The number of aliphatic hydroxyl groups is 1. The Balaban J connectivity index is 1.61. The quantitative estimate of drug-likeness (QED) is 0.571. The van der Waals surface area contributed by atoms with Gasteiger partial charge in [-0.1, -0.05) is 24.3 Å². The highest BCUT2D eigenvalue weighted by atomic mass is 32.2. The second-order valence-electron chi connectivity index (χ2n) is 7.26. The highest BCUT2D eigenvalue weighted by Crippen LogP contribution is 2.42. The summed E-state index contributed by atoms with van der Waals surface area (Å²) in [6, 6.07) is 16.2. The number of aliphatic hydroxyl groups excluding tert-OH is 1. The highest BCUT2D eigenvalue weighted by molar-refractivity contribution is 7.86. The molecule has 5 nitrogen and oxygen atoms in total. The van der Waals surface area contributed by atoms with Gasteiger partial charge in [0.2, 0.25) is 5.91 Å². The fourth-order valence-corrected chi connectivity index (χ4v) is 5.26. The average molecular weight is 443 g/mol. The third kappa shape index (κ3) is 4.22. The van der Waals surface area contributed by atoms with E-state index in [1.54, 1.807) is 12.1 Å². The van der Waals surface area contributed by atoms with Gasteiger partial charge >= 0.3 is 0 Å². The van der Waals surface area contributed by atoms with E-state index in [4.69, 9.17) is 0 Å². The van der Waals surface area contributed by atoms with Crippen LogP contribution in [0.5, 0.6) is 5.75 Å². The monoisotopic (exact) mass is 443 g/mol. The Kier molecular flexibility index (Phi) is 5.84. The SMILES string of the molecule is O=C1[C@H](S(=O)C[C@@H](O)c2ccc(F)cc2)[C@@H](c2ccc(O)cc2)N1c1ccc(F)cc1. The van der Waals surface area contributed by atoms with Crippen LogP contribution in [-0.4, -0.2) is 31.3 Å². The summed E-state index contributed by atoms with van der Waals surface area (Å²) in [7, 11) is -1.75. The lowest BCUT2D eigenvalue weighted by Crippen LogP contribution is -2.61. The Hall–Kier alpha value is -3.10. The Labute approximate surface area is 180 Å². The van der Waals surface area contributed by atoms with Crippen molar-refractivity contribution >= 4 is 22.4 Å². The van der Waals surface area contributed by atoms with Crippen molar-refractivity contribution in [2.24, 2.45) is 0 Å². The van der Waals surface area contributed by atoms with E-state index in [1.165, 1.54) is 65.6 Å². The standard InChI is InChI=1S/C23H19F2NO4S/c24-16-5-1-14(2-6-16)20(28)13-31(30)22-21(15-3-11-19(27)12-4-15)26(23(22)29)18-9-7-17(25)8-10-18/h1-12,20-22,27-28H,13H2/t20-,21-,22-,31?/m1/s1. The van der Waals surface area contributed by atoms with Crippen LogP contribution in [0.1, 0.15) is 23.3 Å². The van der Waals surface area contributed by atoms with Crippen LogP contribution in [0.15, 0.2) is 72.8 Å². The van der Waals surface area contributed by atoms with Gasteiger partial charge in [-0.2, -0.15) is 0 Å². The molecule has 0 bridgehead atoms. The van der Waals surface area contributed by atoms with E-state index >= 15 is 0 Å². The molecule has 1 fully saturated rings. The molecule has 4 rings (SSSR count). The van der Waals surface area contributed by atoms with E-state index in [2.05, 4.69) is 0 Å². The third-order valence-electron chi connectivity index (χ3n) is 5.25. The number of hydrogen-bond donors (Lipinski definition) is 2. The van der Waals surface area contributed by atoms with E-state index in [9.17, 15) is 28.0 Å². The number of benzene rings is 3. The Bertz CT molecular complexity index is 1100. The van der Waals surface area contributed by atoms with Crippen LogP contribution in [0.25, 0.3) is 0 Å². The number of β-lactam (4-membered cyclic amide) rings is 1. The zero-order valence-electron chi connectivity index (χ0n) is 16.2. The minimum atomic E-state index is -1.75. The summed E-state index contributed by atoms with van der Waals surface area (Å²) < 4.78 is 39.5. The lowest BCUT2D eigenvalue weighted by molar-refractivity contribution is -0.123. The Morgan fingerprint density at radius 1 is 0.903 bits per heavy atom. The van der Waals surface area contributed by atoms with Gasteiger partial charge in [0, 0.05) is 16.5 Å². The molecule has 31 heavy (non-hydrogen) atoms. The fraction of sp³-hybridized carbons (Fsp3) is 0.174. The first-order valence-electron chi connectivity index (χ1n) is 9.53. The van der Waals surface area contributed by atoms with E-state index in [0.717, 1.165) is 0 Å². The maximum Gasteiger partial charge on any atom is 0.245 e. The summed E-state index contributed by atoms with van der Waals surface area (Å²) >= 11 is 0. The molecule has 0 aliphatic carbocycles. The van der Waals surface area contributed by atoms with Gasteiger partial charge in [-0.15, -0.1) is 0 Å². The van der Waals surface area contributed by atoms with Crippen LogP contribution in [0.4, 0.5) is 14.5 Å². The number of hydrogen-bond acceptors (Lipinski definition) is 4. The van der Waals surface area contributed by atoms with Crippen LogP contribution < -0.4 is 4.90 Å². The van der Waals surface area contributed by atoms with Crippen molar-refractivity contribution in [3.8, 4) is 5.75 Å². The Morgan fingerprint density at radius 2 is 1.45 bits per heavy atom. The van der Waals surface area contributed by atoms with Gasteiger partial charge < -0.3 is 15.1 Å². The maximum atomic E-state index is 13.3. The summed E-state index contributed by atoms with van der Waals surface area (Å²) in [6.45, 7) is 0. The second-order valence-corrected chi connectivity index (χ2v) is 8.86. The molecule has 1 heterocycles. The van der Waals surface area contributed by atoms with Gasteiger partial charge in [0.1, 0.15) is 22.6 Å². The molecule has 3 aromatic rings. The van der Waals surface area contributed by atoms with Crippen molar-refractivity contribution in [2.75, 3.05) is 10.7 Å². The highest BCUT2D eigenvalue weighted by Gasteiger charge is 2.52. The fourth-order valence-electron chi connectivity index (χ4n) is 3.64. The first-order valence-corrected chi connectivity index (χ1v) is 10.9. The maximum absolute atomic E-state index is 13.3. The number of amides is 1. The van der Waals surface area contributed by atoms with Crippen LogP contribution in [0, 0.1) is 11.6 Å². The molecule has 2 N–H and O–H groups in total. The van der Waals surface area contributed by atoms with Crippen molar-refractivity contribution in [2.45, 2.75) is 17.4 Å². The van der Waals surface area contributed by atoms with E-state index in [-0.39, 0.29) is 11.5 Å². The second kappa shape index (κ2) is 8.56. The lowest BCUT2D eigenvalue weighted by Gasteiger charge is -2.47. The smallest absolute Gasteiger partial charge is 0.245 e. The number of nitrogens with zero attached hydrogens (tertiary/aromatic N) is 1. The van der Waals surface area contributed by atoms with Crippen molar-refractivity contribution in [3.63, 3.8) is 0 Å². The third-order valence-corrected chi connectivity index (χ3v) is 6.92. The average Bonchev–Trinajstić information content (AvgIpc) is 2.74. The molecule has 160 valence electrons. The number of carbonyl (C=O) groups excluding carboxylic acids is 1. The number of carbonyl (C=O) groups is 1. The number of phenolic OH excluding ortho intramolecular Hbond substituents is 1. The van der Waals surface area contributed by atoms with Gasteiger partial charge in [0.25, 0.3) is 0 Å². The largest absolute Gasteiger partial charge is 0.508 e. The van der Waals surface area contributed by atoms with Crippen LogP contribution in [-0.2, 0) is 15.6 Å². The minimum absolute atomic E-state index is 0.0483. The number of aromatic hydroxyl groups is 1. The summed E-state index contributed by atoms with van der Waals surface area (Å²) in [5.74, 6) is -1.45. The number of rotatable bonds is 6. The predicted molar refractivity (Wildman–Crippen MR) is 113 cm³/mol. The molecule has 1 aliphatic rings. The summed E-state index contributed by atoms with van der Waals surface area (Å²) in [6.07, 6.45) is -1.13. The molecule has 0 spiro atoms. The predicted octanol–water partition coefficient (Wildman–Crippen LogP) is 3.61. The number of halogens is 2. The van der Waals surface area contributed by atoms with Gasteiger partial charge in [-0.25, -0.2) is 8.78 Å². The summed E-state index contributed by atoms with van der Waals surface area (Å²) in [5.41, 5.74) is 1.51. The zero-order valence-corrected chi connectivity index (χ0v) is 17.0. The van der Waals surface area contributed by atoms with Gasteiger partial charge in [0.05, 0.1) is 17.9 Å².